The first-order valence-electron chi connectivity index (χ1n) is 9.26. The third-order valence-electron chi connectivity index (χ3n) is 3.59. The summed E-state index contributed by atoms with van der Waals surface area (Å²) in [5.41, 5.74) is 1.71. The van der Waals surface area contributed by atoms with Crippen LogP contribution < -0.4 is 10.1 Å². The Morgan fingerprint density at radius 3 is 2.94 bits per heavy atom. The number of anilines is 1. The summed E-state index contributed by atoms with van der Waals surface area (Å²) in [6.07, 6.45) is 3.10. The second-order valence-corrected chi connectivity index (χ2v) is 9.27. The minimum absolute atomic E-state index is 0.150. The molecule has 0 aliphatic heterocycles. The highest BCUT2D eigenvalue weighted by Gasteiger charge is 2.10. The van der Waals surface area contributed by atoms with Crippen LogP contribution in [0.25, 0.3) is 6.08 Å². The summed E-state index contributed by atoms with van der Waals surface area (Å²) in [5, 5.41) is 13.8. The van der Waals surface area contributed by atoms with E-state index >= 15 is 0 Å². The molecule has 0 bridgehead atoms. The minimum atomic E-state index is -0.331. The van der Waals surface area contributed by atoms with Crippen LogP contribution in [-0.4, -0.2) is 39.4 Å². The van der Waals surface area contributed by atoms with E-state index in [0.29, 0.717) is 28.4 Å². The number of thiazole rings is 1. The van der Waals surface area contributed by atoms with Crippen LogP contribution >= 0.6 is 34.4 Å². The summed E-state index contributed by atoms with van der Waals surface area (Å²) in [6, 6.07) is 7.43. The Morgan fingerprint density at radius 2 is 2.16 bits per heavy atom. The number of carbonyl (C=O) groups is 2. The van der Waals surface area contributed by atoms with Gasteiger partial charge in [-0.05, 0) is 37.6 Å². The molecule has 0 aliphatic carbocycles. The van der Waals surface area contributed by atoms with Gasteiger partial charge in [0.1, 0.15) is 12.4 Å². The van der Waals surface area contributed by atoms with E-state index < -0.39 is 0 Å². The Kier molecular flexibility index (Phi) is 8.56. The van der Waals surface area contributed by atoms with E-state index in [2.05, 4.69) is 20.5 Å². The molecule has 0 fully saturated rings. The fourth-order valence-corrected chi connectivity index (χ4v) is 4.45. The normalized spacial score (nSPS) is 10.9. The summed E-state index contributed by atoms with van der Waals surface area (Å²) in [5.74, 6) is 0.198. The number of rotatable bonds is 10. The summed E-state index contributed by atoms with van der Waals surface area (Å²) in [4.78, 5) is 27.9. The molecule has 3 rings (SSSR count). The largest absolute Gasteiger partial charge is 0.487 e. The van der Waals surface area contributed by atoms with Gasteiger partial charge in [0.25, 0.3) is 0 Å². The summed E-state index contributed by atoms with van der Waals surface area (Å²) < 4.78 is 11.2. The number of amides is 1. The quantitative estimate of drug-likeness (QED) is 0.201. The van der Waals surface area contributed by atoms with E-state index in [1.54, 1.807) is 24.3 Å². The molecular weight excluding hydrogens is 456 g/mol. The van der Waals surface area contributed by atoms with Crippen molar-refractivity contribution in [3.8, 4) is 5.75 Å². The second-order valence-electron chi connectivity index (χ2n) is 6.01. The standard InChI is InChI=1S/C20H20N4O4S3/c1-3-27-18(26)12-30-20-24-23-19(31-20)22-17(25)8-7-14-5-4-6-16(9-14)28-10-15-11-29-13(2)21-15/h4-9,11H,3,10,12H2,1-2H3,(H,22,23,25)/b8-7+. The zero-order chi connectivity index (χ0) is 22.1. The number of aromatic nitrogens is 3. The first kappa shape index (κ1) is 22.9. The maximum Gasteiger partial charge on any atom is 0.316 e. The number of nitrogens with zero attached hydrogens (tertiary/aromatic N) is 3. The van der Waals surface area contributed by atoms with Crippen LogP contribution in [0.1, 0.15) is 23.2 Å². The average Bonchev–Trinajstić information content (AvgIpc) is 3.38. The number of carbonyl (C=O) groups excluding carboxylic acids is 2. The van der Waals surface area contributed by atoms with E-state index in [1.807, 2.05) is 36.6 Å². The van der Waals surface area contributed by atoms with Crippen LogP contribution in [0.2, 0.25) is 0 Å². The topological polar surface area (TPSA) is 103 Å². The van der Waals surface area contributed by atoms with Crippen molar-refractivity contribution in [2.75, 3.05) is 17.7 Å². The first-order valence-corrected chi connectivity index (χ1v) is 11.9. The van der Waals surface area contributed by atoms with Gasteiger partial charge in [-0.15, -0.1) is 21.5 Å². The third-order valence-corrected chi connectivity index (χ3v) is 6.36. The molecule has 0 saturated carbocycles. The second kappa shape index (κ2) is 11.6. The maximum absolute atomic E-state index is 12.2. The van der Waals surface area contributed by atoms with Crippen LogP contribution in [0.5, 0.6) is 5.75 Å². The monoisotopic (exact) mass is 476 g/mol. The Balaban J connectivity index is 1.49. The van der Waals surface area contributed by atoms with Crippen molar-refractivity contribution in [1.82, 2.24) is 15.2 Å². The van der Waals surface area contributed by atoms with Crippen LogP contribution in [-0.2, 0) is 20.9 Å². The molecule has 0 atom stereocenters. The van der Waals surface area contributed by atoms with Crippen molar-refractivity contribution in [3.05, 3.63) is 52.0 Å². The molecular formula is C20H20N4O4S3. The molecule has 0 radical (unpaired) electrons. The predicted molar refractivity (Wildman–Crippen MR) is 123 cm³/mol. The van der Waals surface area contributed by atoms with E-state index in [9.17, 15) is 9.59 Å². The molecule has 31 heavy (non-hydrogen) atoms. The van der Waals surface area contributed by atoms with Crippen molar-refractivity contribution >= 4 is 57.5 Å². The Bertz CT molecular complexity index is 1060. The number of thioether (sulfide) groups is 1. The van der Waals surface area contributed by atoms with Crippen molar-refractivity contribution in [2.24, 2.45) is 0 Å². The van der Waals surface area contributed by atoms with Gasteiger partial charge in [0.2, 0.25) is 11.0 Å². The minimum Gasteiger partial charge on any atom is -0.487 e. The lowest BCUT2D eigenvalue weighted by Gasteiger charge is -2.05. The van der Waals surface area contributed by atoms with Gasteiger partial charge >= 0.3 is 5.97 Å². The van der Waals surface area contributed by atoms with Crippen molar-refractivity contribution in [2.45, 2.75) is 24.8 Å². The van der Waals surface area contributed by atoms with Gasteiger partial charge in [-0.25, -0.2) is 4.98 Å². The van der Waals surface area contributed by atoms with Crippen LogP contribution in [0, 0.1) is 6.92 Å². The van der Waals surface area contributed by atoms with Gasteiger partial charge in [-0.1, -0.05) is 35.2 Å². The van der Waals surface area contributed by atoms with E-state index in [1.165, 1.54) is 29.2 Å². The summed E-state index contributed by atoms with van der Waals surface area (Å²) in [7, 11) is 0. The van der Waals surface area contributed by atoms with Crippen LogP contribution in [0.4, 0.5) is 5.13 Å². The molecule has 1 amide bonds. The Labute approximate surface area is 191 Å². The molecule has 0 unspecified atom stereocenters. The fraction of sp³-hybridized carbons (Fsp3) is 0.250. The molecule has 3 aromatic rings. The summed E-state index contributed by atoms with van der Waals surface area (Å²) >= 11 is 3.99. The molecule has 11 heteroatoms. The van der Waals surface area contributed by atoms with Gasteiger partial charge in [-0.3, -0.25) is 14.9 Å². The highest BCUT2D eigenvalue weighted by Crippen LogP contribution is 2.25. The molecule has 2 aromatic heterocycles. The summed E-state index contributed by atoms with van der Waals surface area (Å²) in [6.45, 7) is 4.44. The molecule has 0 spiro atoms. The molecule has 162 valence electrons. The van der Waals surface area contributed by atoms with Gasteiger partial charge in [0.15, 0.2) is 4.34 Å². The predicted octanol–water partition coefficient (Wildman–Crippen LogP) is 4.19. The molecule has 8 nitrogen and oxygen atoms in total. The van der Waals surface area contributed by atoms with Gasteiger partial charge < -0.3 is 9.47 Å². The van der Waals surface area contributed by atoms with E-state index in [4.69, 9.17) is 9.47 Å². The first-order chi connectivity index (χ1) is 15.0. The van der Waals surface area contributed by atoms with E-state index in [0.717, 1.165) is 16.3 Å². The van der Waals surface area contributed by atoms with Gasteiger partial charge in [0.05, 0.1) is 23.1 Å². The number of benzene rings is 1. The number of nitrogens with one attached hydrogen (secondary N) is 1. The van der Waals surface area contributed by atoms with Crippen molar-refractivity contribution in [3.63, 3.8) is 0 Å². The molecule has 1 aromatic carbocycles. The van der Waals surface area contributed by atoms with Crippen LogP contribution in [0.15, 0.2) is 40.1 Å². The number of esters is 1. The Hall–Kier alpha value is -2.76. The lowest BCUT2D eigenvalue weighted by Crippen LogP contribution is -2.07. The lowest BCUT2D eigenvalue weighted by molar-refractivity contribution is -0.139. The molecule has 1 N–H and O–H groups in total. The number of ether oxygens (including phenoxy) is 2. The fourth-order valence-electron chi connectivity index (χ4n) is 2.30. The zero-order valence-electron chi connectivity index (χ0n) is 16.9. The van der Waals surface area contributed by atoms with E-state index in [-0.39, 0.29) is 17.6 Å². The van der Waals surface area contributed by atoms with Gasteiger partial charge in [-0.2, -0.15) is 0 Å². The SMILES string of the molecule is CCOC(=O)CSc1nnc(NC(=O)/C=C/c2cccc(OCc3csc(C)n3)c2)s1. The van der Waals surface area contributed by atoms with Crippen LogP contribution in [0.3, 0.4) is 0 Å². The lowest BCUT2D eigenvalue weighted by atomic mass is 10.2. The van der Waals surface area contributed by atoms with Crippen molar-refractivity contribution < 1.29 is 19.1 Å². The number of aryl methyl sites for hydroxylation is 1. The zero-order valence-corrected chi connectivity index (χ0v) is 19.3. The average molecular weight is 477 g/mol. The number of hydrogen-bond acceptors (Lipinski definition) is 10. The Morgan fingerprint density at radius 1 is 1.29 bits per heavy atom. The highest BCUT2D eigenvalue weighted by molar-refractivity contribution is 8.01. The van der Waals surface area contributed by atoms with Crippen molar-refractivity contribution in [1.29, 1.82) is 0 Å². The highest BCUT2D eigenvalue weighted by atomic mass is 32.2. The third kappa shape index (κ3) is 7.78. The molecule has 0 aliphatic rings. The molecule has 2 heterocycles. The molecule has 0 saturated heterocycles. The maximum atomic E-state index is 12.2. The smallest absolute Gasteiger partial charge is 0.316 e. The van der Waals surface area contributed by atoms with Gasteiger partial charge in [0, 0.05) is 11.5 Å². The number of hydrogen-bond donors (Lipinski definition) is 1.